The van der Waals surface area contributed by atoms with Crippen LogP contribution in [0.15, 0.2) is 64.0 Å². The predicted octanol–water partition coefficient (Wildman–Crippen LogP) is 4.93. The van der Waals surface area contributed by atoms with Gasteiger partial charge in [-0.1, -0.05) is 17.3 Å². The summed E-state index contributed by atoms with van der Waals surface area (Å²) in [5.74, 6) is 2.04. The first-order chi connectivity index (χ1) is 12.7. The zero-order chi connectivity index (χ0) is 18.4. The van der Waals surface area contributed by atoms with E-state index in [0.717, 1.165) is 27.8 Å². The SMILES string of the molecule is CCOc1ccc(NC(=O)c2ccccc2SCc2cc(C)no2)cc1. The summed E-state index contributed by atoms with van der Waals surface area (Å²) in [4.78, 5) is 13.6. The number of rotatable bonds is 7. The standard InChI is InChI=1S/C20H20N2O3S/c1-3-24-16-10-8-15(9-11-16)21-20(23)18-6-4-5-7-19(18)26-13-17-12-14(2)22-25-17/h4-12H,3,13H2,1-2H3,(H,21,23). The summed E-state index contributed by atoms with van der Waals surface area (Å²) in [6.45, 7) is 4.43. The van der Waals surface area contributed by atoms with Gasteiger partial charge in [0.25, 0.3) is 5.91 Å². The summed E-state index contributed by atoms with van der Waals surface area (Å²) in [6, 6.07) is 16.8. The summed E-state index contributed by atoms with van der Waals surface area (Å²) in [5.41, 5.74) is 2.20. The van der Waals surface area contributed by atoms with E-state index in [4.69, 9.17) is 9.26 Å². The Morgan fingerprint density at radius 3 is 2.65 bits per heavy atom. The Balaban J connectivity index is 1.68. The molecule has 0 unspecified atom stereocenters. The second-order valence-corrected chi connectivity index (χ2v) is 6.65. The summed E-state index contributed by atoms with van der Waals surface area (Å²) in [5, 5.41) is 6.81. The van der Waals surface area contributed by atoms with Crippen molar-refractivity contribution >= 4 is 23.4 Å². The fourth-order valence-corrected chi connectivity index (χ4v) is 3.34. The van der Waals surface area contributed by atoms with Crippen LogP contribution in [0.1, 0.15) is 28.7 Å². The fraction of sp³-hybridized carbons (Fsp3) is 0.200. The highest BCUT2D eigenvalue weighted by atomic mass is 32.2. The molecule has 1 aromatic heterocycles. The highest BCUT2D eigenvalue weighted by Gasteiger charge is 2.13. The molecule has 0 saturated heterocycles. The lowest BCUT2D eigenvalue weighted by atomic mass is 10.2. The largest absolute Gasteiger partial charge is 0.494 e. The molecular formula is C20H20N2O3S. The molecule has 2 aromatic carbocycles. The average molecular weight is 368 g/mol. The molecule has 1 heterocycles. The molecular weight excluding hydrogens is 348 g/mol. The van der Waals surface area contributed by atoms with Gasteiger partial charge in [-0.2, -0.15) is 0 Å². The Morgan fingerprint density at radius 2 is 1.96 bits per heavy atom. The third-order valence-corrected chi connectivity index (χ3v) is 4.70. The van der Waals surface area contributed by atoms with E-state index in [9.17, 15) is 4.79 Å². The van der Waals surface area contributed by atoms with Gasteiger partial charge in [-0.3, -0.25) is 4.79 Å². The Bertz CT molecular complexity index is 875. The van der Waals surface area contributed by atoms with E-state index in [0.29, 0.717) is 17.9 Å². The zero-order valence-corrected chi connectivity index (χ0v) is 15.5. The fourth-order valence-electron chi connectivity index (χ4n) is 2.41. The van der Waals surface area contributed by atoms with E-state index in [1.165, 1.54) is 0 Å². The molecule has 26 heavy (non-hydrogen) atoms. The van der Waals surface area contributed by atoms with Crippen LogP contribution in [0.5, 0.6) is 5.75 Å². The van der Waals surface area contributed by atoms with Gasteiger partial charge in [0.15, 0.2) is 0 Å². The highest BCUT2D eigenvalue weighted by Crippen LogP contribution is 2.27. The van der Waals surface area contributed by atoms with E-state index in [-0.39, 0.29) is 5.91 Å². The van der Waals surface area contributed by atoms with Crippen molar-refractivity contribution in [1.29, 1.82) is 0 Å². The van der Waals surface area contributed by atoms with Crippen LogP contribution < -0.4 is 10.1 Å². The Labute approximate surface area is 156 Å². The van der Waals surface area contributed by atoms with E-state index in [1.807, 2.05) is 68.4 Å². The molecule has 0 fully saturated rings. The molecule has 0 radical (unpaired) electrons. The molecule has 134 valence electrons. The molecule has 1 N–H and O–H groups in total. The van der Waals surface area contributed by atoms with Crippen molar-refractivity contribution in [3.63, 3.8) is 0 Å². The van der Waals surface area contributed by atoms with Gasteiger partial charge in [-0.25, -0.2) is 0 Å². The molecule has 0 saturated carbocycles. The van der Waals surface area contributed by atoms with E-state index < -0.39 is 0 Å². The Hall–Kier alpha value is -2.73. The van der Waals surface area contributed by atoms with Crippen LogP contribution in [-0.2, 0) is 5.75 Å². The molecule has 0 atom stereocenters. The van der Waals surface area contributed by atoms with Gasteiger partial charge in [-0.15, -0.1) is 11.8 Å². The molecule has 6 heteroatoms. The number of nitrogens with one attached hydrogen (secondary N) is 1. The van der Waals surface area contributed by atoms with Crippen molar-refractivity contribution in [3.8, 4) is 5.75 Å². The molecule has 0 spiro atoms. The number of hydrogen-bond donors (Lipinski definition) is 1. The molecule has 1 amide bonds. The maximum atomic E-state index is 12.7. The topological polar surface area (TPSA) is 64.4 Å². The van der Waals surface area contributed by atoms with Crippen molar-refractivity contribution in [1.82, 2.24) is 5.16 Å². The number of hydrogen-bond acceptors (Lipinski definition) is 5. The number of ether oxygens (including phenoxy) is 1. The van der Waals surface area contributed by atoms with Crippen LogP contribution in [0.4, 0.5) is 5.69 Å². The normalized spacial score (nSPS) is 10.5. The van der Waals surface area contributed by atoms with Gasteiger partial charge in [0, 0.05) is 16.6 Å². The Kier molecular flexibility index (Phi) is 5.96. The maximum Gasteiger partial charge on any atom is 0.256 e. The molecule has 0 bridgehead atoms. The van der Waals surface area contributed by atoms with Gasteiger partial charge >= 0.3 is 0 Å². The third kappa shape index (κ3) is 4.67. The summed E-state index contributed by atoms with van der Waals surface area (Å²) in [7, 11) is 0. The van der Waals surface area contributed by atoms with Gasteiger partial charge in [0.1, 0.15) is 11.5 Å². The predicted molar refractivity (Wildman–Crippen MR) is 103 cm³/mol. The minimum Gasteiger partial charge on any atom is -0.494 e. The molecule has 0 aliphatic rings. The van der Waals surface area contributed by atoms with Crippen molar-refractivity contribution in [2.75, 3.05) is 11.9 Å². The first kappa shape index (κ1) is 18.1. The smallest absolute Gasteiger partial charge is 0.256 e. The van der Waals surface area contributed by atoms with E-state index >= 15 is 0 Å². The number of carbonyl (C=O) groups is 1. The monoisotopic (exact) mass is 368 g/mol. The molecule has 5 nitrogen and oxygen atoms in total. The third-order valence-electron chi connectivity index (χ3n) is 3.60. The van der Waals surface area contributed by atoms with Crippen molar-refractivity contribution in [2.24, 2.45) is 0 Å². The van der Waals surface area contributed by atoms with Gasteiger partial charge < -0.3 is 14.6 Å². The first-order valence-corrected chi connectivity index (χ1v) is 9.32. The van der Waals surface area contributed by atoms with Crippen LogP contribution in [0.3, 0.4) is 0 Å². The summed E-state index contributed by atoms with van der Waals surface area (Å²) in [6.07, 6.45) is 0. The van der Waals surface area contributed by atoms with Crippen molar-refractivity contribution < 1.29 is 14.1 Å². The summed E-state index contributed by atoms with van der Waals surface area (Å²) < 4.78 is 10.6. The number of anilines is 1. The molecule has 0 aliphatic carbocycles. The lowest BCUT2D eigenvalue weighted by molar-refractivity contribution is 0.102. The number of aromatic nitrogens is 1. The van der Waals surface area contributed by atoms with Gasteiger partial charge in [0.05, 0.1) is 23.6 Å². The van der Waals surface area contributed by atoms with Crippen LogP contribution >= 0.6 is 11.8 Å². The van der Waals surface area contributed by atoms with Crippen molar-refractivity contribution in [2.45, 2.75) is 24.5 Å². The number of aryl methyl sites for hydroxylation is 1. The van der Waals surface area contributed by atoms with E-state index in [2.05, 4.69) is 10.5 Å². The minimum atomic E-state index is -0.147. The molecule has 3 aromatic rings. The van der Waals surface area contributed by atoms with Gasteiger partial charge in [0.2, 0.25) is 0 Å². The first-order valence-electron chi connectivity index (χ1n) is 8.34. The van der Waals surface area contributed by atoms with Crippen LogP contribution in [-0.4, -0.2) is 17.7 Å². The number of thioether (sulfide) groups is 1. The zero-order valence-electron chi connectivity index (χ0n) is 14.7. The average Bonchev–Trinajstić information content (AvgIpc) is 3.07. The van der Waals surface area contributed by atoms with Crippen LogP contribution in [0, 0.1) is 6.92 Å². The second-order valence-electron chi connectivity index (χ2n) is 5.63. The highest BCUT2D eigenvalue weighted by molar-refractivity contribution is 7.98. The quantitative estimate of drug-likeness (QED) is 0.599. The van der Waals surface area contributed by atoms with E-state index in [1.54, 1.807) is 11.8 Å². The van der Waals surface area contributed by atoms with Gasteiger partial charge in [-0.05, 0) is 50.2 Å². The van der Waals surface area contributed by atoms with Crippen LogP contribution in [0.2, 0.25) is 0 Å². The van der Waals surface area contributed by atoms with Crippen molar-refractivity contribution in [3.05, 3.63) is 71.6 Å². The van der Waals surface area contributed by atoms with Crippen LogP contribution in [0.25, 0.3) is 0 Å². The second kappa shape index (κ2) is 8.58. The maximum absolute atomic E-state index is 12.7. The Morgan fingerprint density at radius 1 is 1.19 bits per heavy atom. The summed E-state index contributed by atoms with van der Waals surface area (Å²) >= 11 is 1.55. The number of amides is 1. The minimum absolute atomic E-state index is 0.147. The molecule has 0 aliphatic heterocycles. The number of nitrogens with zero attached hydrogens (tertiary/aromatic N) is 1. The number of carbonyl (C=O) groups excluding carboxylic acids is 1. The number of benzene rings is 2. The lowest BCUT2D eigenvalue weighted by Gasteiger charge is -2.10. The molecule has 3 rings (SSSR count). The lowest BCUT2D eigenvalue weighted by Crippen LogP contribution is -2.12.